The van der Waals surface area contributed by atoms with E-state index in [9.17, 15) is 47.8 Å². The molecule has 1 unspecified atom stereocenters. The predicted molar refractivity (Wildman–Crippen MR) is 235 cm³/mol. The van der Waals surface area contributed by atoms with Crippen molar-refractivity contribution in [3.63, 3.8) is 0 Å². The van der Waals surface area contributed by atoms with Crippen molar-refractivity contribution in [3.8, 4) is 0 Å². The zero-order valence-electron chi connectivity index (χ0n) is 36.7. The van der Waals surface area contributed by atoms with Crippen LogP contribution in [0.5, 0.6) is 0 Å². The first-order chi connectivity index (χ1) is 31.6. The molecule has 0 aliphatic heterocycles. The van der Waals surface area contributed by atoms with Gasteiger partial charge in [0.1, 0.15) is 9.79 Å². The molecule has 17 nitrogen and oxygen atoms in total. The zero-order chi connectivity index (χ0) is 49.5. The van der Waals surface area contributed by atoms with Crippen molar-refractivity contribution >= 4 is 63.9 Å². The highest BCUT2D eigenvalue weighted by molar-refractivity contribution is 7.91. The number of hydrogen-bond acceptors (Lipinski definition) is 13. The monoisotopic (exact) mass is 1040 g/mol. The molecule has 2 fully saturated rings. The van der Waals surface area contributed by atoms with Crippen LogP contribution in [0.2, 0.25) is 0 Å². The molecule has 1 atom stereocenters. The van der Waals surface area contributed by atoms with Gasteiger partial charge in [-0.05, 0) is 25.7 Å². The van der Waals surface area contributed by atoms with Crippen LogP contribution in [-0.4, -0.2) is 104 Å². The highest BCUT2D eigenvalue weighted by Crippen LogP contribution is 2.38. The summed E-state index contributed by atoms with van der Waals surface area (Å²) in [5, 5.41) is 20.0. The van der Waals surface area contributed by atoms with Gasteiger partial charge in [0.05, 0.1) is 54.4 Å². The Morgan fingerprint density at radius 2 is 0.925 bits per heavy atom. The summed E-state index contributed by atoms with van der Waals surface area (Å²) in [5.74, 6) is -14.8. The summed E-state index contributed by atoms with van der Waals surface area (Å²) in [4.78, 5) is 18.9. The van der Waals surface area contributed by atoms with Gasteiger partial charge in [0.2, 0.25) is 31.9 Å². The molecule has 0 bridgehead atoms. The van der Waals surface area contributed by atoms with Gasteiger partial charge < -0.3 is 30.7 Å². The summed E-state index contributed by atoms with van der Waals surface area (Å²) in [5.41, 5.74) is -1.83. The largest absolute Gasteiger partial charge is 0.379 e. The van der Waals surface area contributed by atoms with E-state index in [4.69, 9.17) is 19.8 Å². The van der Waals surface area contributed by atoms with E-state index in [0.29, 0.717) is 38.5 Å². The molecule has 4 rings (SSSR count). The summed E-state index contributed by atoms with van der Waals surface area (Å²) >= 11 is 0. The topological polar surface area (TPSA) is 272 Å². The van der Waals surface area contributed by atoms with Crippen LogP contribution in [0.3, 0.4) is 0 Å². The lowest BCUT2D eigenvalue weighted by molar-refractivity contribution is -0.123. The number of ether oxygens (including phenoxy) is 2. The lowest BCUT2D eigenvalue weighted by atomic mass is 9.96. The quantitative estimate of drug-likeness (QED) is 0.0510. The molecule has 27 heteroatoms. The molecule has 0 spiro atoms. The first-order valence-corrected chi connectivity index (χ1v) is 27.9. The molecule has 380 valence electrons. The number of sulfone groups is 1. The number of hydrogen-bond donors (Lipinski definition) is 6. The number of halogens is 6. The molecule has 0 radical (unpaired) electrons. The van der Waals surface area contributed by atoms with Crippen molar-refractivity contribution in [2.45, 2.75) is 134 Å². The second kappa shape index (κ2) is 25.8. The second-order valence-corrected chi connectivity index (χ2v) is 22.8. The molecule has 0 saturated heterocycles. The van der Waals surface area contributed by atoms with E-state index in [1.165, 1.54) is 0 Å². The van der Waals surface area contributed by atoms with E-state index in [1.54, 1.807) is 0 Å². The Balaban J connectivity index is 1.19. The fraction of sp³-hybridized carbons (Fsp3) is 0.650. The van der Waals surface area contributed by atoms with Crippen LogP contribution in [-0.2, 0) is 59.7 Å². The maximum Gasteiger partial charge on any atom is 0.244 e. The van der Waals surface area contributed by atoms with Crippen molar-refractivity contribution in [1.29, 1.82) is 0 Å². The minimum atomic E-state index is -5.17. The van der Waals surface area contributed by atoms with Crippen LogP contribution in [0, 0.1) is 34.9 Å². The van der Waals surface area contributed by atoms with Crippen molar-refractivity contribution in [2.24, 2.45) is 10.3 Å². The first-order valence-electron chi connectivity index (χ1n) is 21.9. The third-order valence-corrected chi connectivity index (χ3v) is 16.1. The maximum atomic E-state index is 15.6. The molecule has 0 aromatic heterocycles. The van der Waals surface area contributed by atoms with Crippen LogP contribution < -0.4 is 31.5 Å². The summed E-state index contributed by atoms with van der Waals surface area (Å²) < 4.78 is 190. The molecule has 2 aromatic carbocycles. The molecule has 2 amide bonds. The fourth-order valence-electron chi connectivity index (χ4n) is 7.75. The van der Waals surface area contributed by atoms with Crippen LogP contribution in [0.25, 0.3) is 0 Å². The zero-order valence-corrected chi connectivity index (χ0v) is 39.9. The molecule has 2 aliphatic carbocycles. The summed E-state index contributed by atoms with van der Waals surface area (Å²) in [7, 11) is -17.6. The van der Waals surface area contributed by atoms with E-state index in [2.05, 4.69) is 21.3 Å². The summed E-state index contributed by atoms with van der Waals surface area (Å²) in [6, 6.07) is -1.03. The molecule has 0 heterocycles. The highest BCUT2D eigenvalue weighted by atomic mass is 32.2. The number of benzene rings is 2. The van der Waals surface area contributed by atoms with Crippen molar-refractivity contribution in [3.05, 3.63) is 34.9 Å². The molecular formula is C40H58F6N6O11S4. The standard InChI is InChI=1S/C40H58F6N6O11S4/c41-29-30(42)38(66(47,58)59)33(45)35(51-25-11-7-3-1-4-8-12-25)37(29)64(55)23-17-49-27(53)15-19-62-21-22-63-20-16-28(54)50-18-24-65(56,57)40-32(44)31(43)39(67(48,60)61)34(46)36(40)52-26-13-9-5-2-6-10-14-26/h25-26,51-52H,1-24H2,(H,49,53)(H,50,54)(H2,47,58,59)(H2,48,60,61). The van der Waals surface area contributed by atoms with Gasteiger partial charge in [0, 0.05) is 43.8 Å². The number of anilines is 2. The third-order valence-electron chi connectivity index (χ3n) is 11.1. The Morgan fingerprint density at radius 3 is 1.39 bits per heavy atom. The highest BCUT2D eigenvalue weighted by Gasteiger charge is 2.37. The van der Waals surface area contributed by atoms with Gasteiger partial charge in [-0.1, -0.05) is 64.2 Å². The first kappa shape index (κ1) is 56.0. The van der Waals surface area contributed by atoms with Gasteiger partial charge >= 0.3 is 0 Å². The molecule has 2 aliphatic rings. The van der Waals surface area contributed by atoms with Gasteiger partial charge in [0.15, 0.2) is 54.5 Å². The molecular weight excluding hydrogens is 983 g/mol. The number of sulfonamides is 2. The Bertz CT molecular complexity index is 2420. The molecule has 8 N–H and O–H groups in total. The normalized spacial score (nSPS) is 16.6. The van der Waals surface area contributed by atoms with E-state index >= 15 is 17.6 Å². The Morgan fingerprint density at radius 1 is 0.537 bits per heavy atom. The van der Waals surface area contributed by atoms with Crippen molar-refractivity contribution in [1.82, 2.24) is 10.6 Å². The van der Waals surface area contributed by atoms with Gasteiger partial charge in [-0.25, -0.2) is 61.9 Å². The third kappa shape index (κ3) is 16.2. The fourth-order valence-corrected chi connectivity index (χ4v) is 11.7. The SMILES string of the molecule is NS(=O)(=O)c1c(F)c(F)c(S(=O)CCNC(=O)CCOCCOCCC(=O)NCCS(=O)(=O)c2c(F)c(F)c(S(N)(=O)=O)c(F)c2NC2CCCCCCC2)c(NC2CCCCCCC2)c1F. The lowest BCUT2D eigenvalue weighted by Crippen LogP contribution is -2.31. The van der Waals surface area contributed by atoms with Gasteiger partial charge in [-0.3, -0.25) is 13.8 Å². The maximum absolute atomic E-state index is 15.6. The number of primary sulfonamides is 2. The van der Waals surface area contributed by atoms with E-state index in [1.807, 2.05) is 0 Å². The minimum absolute atomic E-state index is 0.0427. The number of amides is 2. The number of nitrogens with two attached hydrogens (primary N) is 2. The van der Waals surface area contributed by atoms with E-state index in [-0.39, 0.29) is 45.8 Å². The smallest absolute Gasteiger partial charge is 0.244 e. The van der Waals surface area contributed by atoms with Crippen LogP contribution in [0.1, 0.15) is 103 Å². The predicted octanol–water partition coefficient (Wildman–Crippen LogP) is 4.49. The molecule has 67 heavy (non-hydrogen) atoms. The van der Waals surface area contributed by atoms with Crippen molar-refractivity contribution in [2.75, 3.05) is 61.7 Å². The number of carbonyl (C=O) groups is 2. The Hall–Kier alpha value is -3.60. The van der Waals surface area contributed by atoms with Crippen LogP contribution in [0.4, 0.5) is 37.7 Å². The van der Waals surface area contributed by atoms with Crippen LogP contribution >= 0.6 is 0 Å². The Kier molecular flexibility index (Phi) is 21.6. The molecule has 2 aromatic rings. The summed E-state index contributed by atoms with van der Waals surface area (Å²) in [6.07, 6.45) is 9.59. The second-order valence-electron chi connectivity index (χ2n) is 16.2. The van der Waals surface area contributed by atoms with E-state index in [0.717, 1.165) is 51.4 Å². The number of rotatable bonds is 23. The number of carbonyl (C=O) groups excluding carboxylic acids is 2. The number of nitrogens with one attached hydrogen (secondary N) is 4. The summed E-state index contributed by atoms with van der Waals surface area (Å²) in [6.45, 7) is -1.34. The minimum Gasteiger partial charge on any atom is -0.379 e. The van der Waals surface area contributed by atoms with E-state index < -0.39 is 148 Å². The van der Waals surface area contributed by atoms with Crippen LogP contribution in [0.15, 0.2) is 19.6 Å². The Labute approximate surface area is 389 Å². The average Bonchev–Trinajstić information content (AvgIpc) is 3.20. The lowest BCUT2D eigenvalue weighted by Gasteiger charge is -2.25. The average molecular weight is 1040 g/mol. The van der Waals surface area contributed by atoms with Gasteiger partial charge in [0.25, 0.3) is 0 Å². The molecule has 2 saturated carbocycles. The van der Waals surface area contributed by atoms with Gasteiger partial charge in [-0.2, -0.15) is 0 Å². The van der Waals surface area contributed by atoms with Crippen molar-refractivity contribution < 1.29 is 74.9 Å². The van der Waals surface area contributed by atoms with Gasteiger partial charge in [-0.15, -0.1) is 0 Å².